The van der Waals surface area contributed by atoms with Crippen LogP contribution in [0.2, 0.25) is 0 Å². The average molecular weight is 286 g/mol. The van der Waals surface area contributed by atoms with Crippen LogP contribution in [0.25, 0.3) is 0 Å². The van der Waals surface area contributed by atoms with Crippen molar-refractivity contribution in [2.75, 3.05) is 37.7 Å². The first-order chi connectivity index (χ1) is 9.09. The smallest absolute Gasteiger partial charge is 0.0347 e. The Kier molecular flexibility index (Phi) is 5.58. The number of rotatable bonds is 3. The van der Waals surface area contributed by atoms with E-state index in [1.165, 1.54) is 50.4 Å². The molecule has 2 aliphatic heterocycles. The zero-order chi connectivity index (χ0) is 13.9. The second-order valence-corrected chi connectivity index (χ2v) is 7.68. The number of thioether (sulfide) groups is 1. The van der Waals surface area contributed by atoms with E-state index < -0.39 is 0 Å². The van der Waals surface area contributed by atoms with Crippen molar-refractivity contribution in [3.8, 4) is 0 Å². The molecule has 0 saturated carbocycles. The Bertz CT molecular complexity index is 285. The third kappa shape index (κ3) is 3.46. The molecule has 2 atom stereocenters. The highest BCUT2D eigenvalue weighted by Gasteiger charge is 2.40. The van der Waals surface area contributed by atoms with Gasteiger partial charge in [-0.25, -0.2) is 0 Å². The summed E-state index contributed by atoms with van der Waals surface area (Å²) in [5.74, 6) is 2.55. The first-order valence-corrected chi connectivity index (χ1v) is 9.03. The molecule has 0 aromatic carbocycles. The maximum Gasteiger partial charge on any atom is 0.0347 e. The second-order valence-electron chi connectivity index (χ2n) is 6.53. The molecule has 3 nitrogen and oxygen atoms in total. The van der Waals surface area contributed by atoms with Gasteiger partial charge in [-0.1, -0.05) is 0 Å². The number of nitrogens with zero attached hydrogens (tertiary/aromatic N) is 2. The zero-order valence-electron chi connectivity index (χ0n) is 12.9. The Balaban J connectivity index is 2.08. The van der Waals surface area contributed by atoms with Gasteiger partial charge in [-0.15, -0.1) is 0 Å². The van der Waals surface area contributed by atoms with E-state index in [-0.39, 0.29) is 5.54 Å². The van der Waals surface area contributed by atoms with Crippen LogP contribution < -0.4 is 5.73 Å². The fourth-order valence-electron chi connectivity index (χ4n) is 3.76. The number of hydrogen-bond donors (Lipinski definition) is 1. The lowest BCUT2D eigenvalue weighted by Gasteiger charge is -2.48. The predicted octanol–water partition coefficient (Wildman–Crippen LogP) is 2.02. The molecular formula is C15H31N3S. The molecule has 0 bridgehead atoms. The van der Waals surface area contributed by atoms with Crippen molar-refractivity contribution in [3.63, 3.8) is 0 Å². The quantitative estimate of drug-likeness (QED) is 0.860. The van der Waals surface area contributed by atoms with E-state index in [4.69, 9.17) is 5.73 Å². The fourth-order valence-corrected chi connectivity index (χ4v) is 4.77. The lowest BCUT2D eigenvalue weighted by Crippen LogP contribution is -2.60. The molecule has 2 heterocycles. The van der Waals surface area contributed by atoms with Crippen molar-refractivity contribution in [1.29, 1.82) is 0 Å². The molecule has 2 fully saturated rings. The van der Waals surface area contributed by atoms with Crippen LogP contribution in [0.5, 0.6) is 0 Å². The van der Waals surface area contributed by atoms with Crippen LogP contribution in [-0.4, -0.2) is 65.1 Å². The fraction of sp³-hybridized carbons (Fsp3) is 1.00. The van der Waals surface area contributed by atoms with E-state index in [1.807, 2.05) is 0 Å². The summed E-state index contributed by atoms with van der Waals surface area (Å²) in [6, 6.07) is 1.36. The molecule has 4 heteroatoms. The van der Waals surface area contributed by atoms with Gasteiger partial charge in [-0.2, -0.15) is 11.8 Å². The lowest BCUT2D eigenvalue weighted by atomic mass is 9.87. The molecule has 2 N–H and O–H groups in total. The third-order valence-electron chi connectivity index (χ3n) is 5.04. The standard InChI is InChI=1S/C15H31N3S/c1-13(2)17-7-4-5-15(12-16,6-8-17)18-9-10-19-11-14(18)3/h13-14H,4-12,16H2,1-3H3. The molecule has 2 aliphatic rings. The molecule has 19 heavy (non-hydrogen) atoms. The maximum atomic E-state index is 6.26. The van der Waals surface area contributed by atoms with Crippen LogP contribution in [-0.2, 0) is 0 Å². The summed E-state index contributed by atoms with van der Waals surface area (Å²) < 4.78 is 0. The molecular weight excluding hydrogens is 254 g/mol. The van der Waals surface area contributed by atoms with Gasteiger partial charge in [0.15, 0.2) is 0 Å². The van der Waals surface area contributed by atoms with E-state index in [9.17, 15) is 0 Å². The Morgan fingerprint density at radius 1 is 1.26 bits per heavy atom. The van der Waals surface area contributed by atoms with Crippen LogP contribution >= 0.6 is 11.8 Å². The minimum absolute atomic E-state index is 0.268. The van der Waals surface area contributed by atoms with Gasteiger partial charge in [-0.05, 0) is 46.6 Å². The first-order valence-electron chi connectivity index (χ1n) is 7.88. The average Bonchev–Trinajstić information content (AvgIpc) is 2.62. The van der Waals surface area contributed by atoms with E-state index in [0.29, 0.717) is 12.1 Å². The highest BCUT2D eigenvalue weighted by molar-refractivity contribution is 7.99. The Labute approximate surface area is 123 Å². The molecule has 2 unspecified atom stereocenters. The minimum atomic E-state index is 0.268. The molecule has 0 amide bonds. The molecule has 0 spiro atoms. The summed E-state index contributed by atoms with van der Waals surface area (Å²) in [6.45, 7) is 11.5. The van der Waals surface area contributed by atoms with Crippen LogP contribution in [0.3, 0.4) is 0 Å². The van der Waals surface area contributed by atoms with E-state index in [1.54, 1.807) is 0 Å². The summed E-state index contributed by atoms with van der Waals surface area (Å²) in [5.41, 5.74) is 6.52. The summed E-state index contributed by atoms with van der Waals surface area (Å²) in [5, 5.41) is 0. The first kappa shape index (κ1) is 15.6. The van der Waals surface area contributed by atoms with Crippen molar-refractivity contribution < 1.29 is 0 Å². The number of nitrogens with two attached hydrogens (primary N) is 1. The molecule has 0 aliphatic carbocycles. The van der Waals surface area contributed by atoms with Crippen molar-refractivity contribution in [2.45, 2.75) is 57.7 Å². The van der Waals surface area contributed by atoms with Crippen molar-refractivity contribution in [3.05, 3.63) is 0 Å². The Morgan fingerprint density at radius 2 is 2.05 bits per heavy atom. The molecule has 0 aromatic rings. The topological polar surface area (TPSA) is 32.5 Å². The normalized spacial score (nSPS) is 35.5. The maximum absolute atomic E-state index is 6.26. The summed E-state index contributed by atoms with van der Waals surface area (Å²) in [7, 11) is 0. The van der Waals surface area contributed by atoms with Gasteiger partial charge in [0.25, 0.3) is 0 Å². The monoisotopic (exact) mass is 285 g/mol. The molecule has 112 valence electrons. The molecule has 0 radical (unpaired) electrons. The number of hydrogen-bond acceptors (Lipinski definition) is 4. The van der Waals surface area contributed by atoms with E-state index >= 15 is 0 Å². The molecule has 2 saturated heterocycles. The van der Waals surface area contributed by atoms with Crippen LogP contribution in [0, 0.1) is 0 Å². The highest BCUT2D eigenvalue weighted by Crippen LogP contribution is 2.33. The van der Waals surface area contributed by atoms with Crippen LogP contribution in [0.4, 0.5) is 0 Å². The van der Waals surface area contributed by atoms with Gasteiger partial charge >= 0.3 is 0 Å². The van der Waals surface area contributed by atoms with Gasteiger partial charge in [0.2, 0.25) is 0 Å². The van der Waals surface area contributed by atoms with E-state index in [0.717, 1.165) is 6.54 Å². The van der Waals surface area contributed by atoms with Crippen molar-refractivity contribution >= 4 is 11.8 Å². The second kappa shape index (κ2) is 6.79. The Hall–Kier alpha value is 0.230. The van der Waals surface area contributed by atoms with Crippen molar-refractivity contribution in [1.82, 2.24) is 9.80 Å². The SMILES string of the molecule is CC(C)N1CCCC(CN)(N2CCSCC2C)CC1. The zero-order valence-corrected chi connectivity index (χ0v) is 13.7. The van der Waals surface area contributed by atoms with Gasteiger partial charge in [0.05, 0.1) is 0 Å². The minimum Gasteiger partial charge on any atom is -0.329 e. The van der Waals surface area contributed by atoms with Crippen LogP contribution in [0.1, 0.15) is 40.0 Å². The van der Waals surface area contributed by atoms with Crippen molar-refractivity contribution in [2.24, 2.45) is 5.73 Å². The number of likely N-dealkylation sites (tertiary alicyclic amines) is 1. The highest BCUT2D eigenvalue weighted by atomic mass is 32.2. The largest absolute Gasteiger partial charge is 0.329 e. The molecule has 2 rings (SSSR count). The van der Waals surface area contributed by atoms with Gasteiger partial charge in [0.1, 0.15) is 0 Å². The Morgan fingerprint density at radius 3 is 2.68 bits per heavy atom. The summed E-state index contributed by atoms with van der Waals surface area (Å²) in [6.07, 6.45) is 3.82. The predicted molar refractivity (Wildman–Crippen MR) is 85.8 cm³/mol. The molecule has 0 aromatic heterocycles. The van der Waals surface area contributed by atoms with Gasteiger partial charge < -0.3 is 10.6 Å². The van der Waals surface area contributed by atoms with E-state index in [2.05, 4.69) is 42.3 Å². The van der Waals surface area contributed by atoms with Crippen LogP contribution in [0.15, 0.2) is 0 Å². The summed E-state index contributed by atoms with van der Waals surface area (Å²) in [4.78, 5) is 5.37. The summed E-state index contributed by atoms with van der Waals surface area (Å²) >= 11 is 2.10. The van der Waals surface area contributed by atoms with Gasteiger partial charge in [0, 0.05) is 48.8 Å². The third-order valence-corrected chi connectivity index (χ3v) is 6.23. The van der Waals surface area contributed by atoms with Gasteiger partial charge in [-0.3, -0.25) is 4.90 Å². The lowest BCUT2D eigenvalue weighted by molar-refractivity contribution is 0.0523.